The van der Waals surface area contributed by atoms with Crippen LogP contribution in [0.5, 0.6) is 0 Å². The molecule has 18 heavy (non-hydrogen) atoms. The van der Waals surface area contributed by atoms with Crippen molar-refractivity contribution in [2.45, 2.75) is 19.5 Å². The quantitative estimate of drug-likeness (QED) is 0.739. The van der Waals surface area contributed by atoms with Crippen molar-refractivity contribution in [1.82, 2.24) is 25.2 Å². The van der Waals surface area contributed by atoms with Gasteiger partial charge in [0.1, 0.15) is 0 Å². The molecule has 0 spiro atoms. The van der Waals surface area contributed by atoms with Crippen LogP contribution in [-0.2, 0) is 17.8 Å². The SMILES string of the molecule is CNCc1cn(CCN2CCC(COC)C2)nn1. The van der Waals surface area contributed by atoms with Gasteiger partial charge in [-0.2, -0.15) is 0 Å². The fraction of sp³-hybridized carbons (Fsp3) is 0.833. The summed E-state index contributed by atoms with van der Waals surface area (Å²) in [6, 6.07) is 0. The van der Waals surface area contributed by atoms with Crippen molar-refractivity contribution < 1.29 is 4.74 Å². The van der Waals surface area contributed by atoms with E-state index < -0.39 is 0 Å². The first-order valence-corrected chi connectivity index (χ1v) is 6.56. The smallest absolute Gasteiger partial charge is 0.0964 e. The Bertz CT molecular complexity index is 354. The Morgan fingerprint density at radius 2 is 2.39 bits per heavy atom. The average Bonchev–Trinajstić information content (AvgIpc) is 2.97. The summed E-state index contributed by atoms with van der Waals surface area (Å²) in [6.45, 7) is 5.93. The molecule has 6 nitrogen and oxygen atoms in total. The summed E-state index contributed by atoms with van der Waals surface area (Å²) in [4.78, 5) is 2.48. The molecule has 102 valence electrons. The number of likely N-dealkylation sites (tertiary alicyclic amines) is 1. The standard InChI is InChI=1S/C12H23N5O/c1-13-7-12-9-17(15-14-12)6-5-16-4-3-11(8-16)10-18-2/h9,11,13H,3-8,10H2,1-2H3. The summed E-state index contributed by atoms with van der Waals surface area (Å²) in [6.07, 6.45) is 3.26. The van der Waals surface area contributed by atoms with E-state index in [0.29, 0.717) is 5.92 Å². The maximum Gasteiger partial charge on any atom is 0.0964 e. The van der Waals surface area contributed by atoms with Gasteiger partial charge in [-0.3, -0.25) is 4.68 Å². The molecule has 0 amide bonds. The summed E-state index contributed by atoms with van der Waals surface area (Å²) < 4.78 is 7.13. The highest BCUT2D eigenvalue weighted by Crippen LogP contribution is 2.15. The molecular weight excluding hydrogens is 230 g/mol. The van der Waals surface area contributed by atoms with Crippen molar-refractivity contribution in [2.75, 3.05) is 40.4 Å². The van der Waals surface area contributed by atoms with Crippen LogP contribution in [0, 0.1) is 5.92 Å². The van der Waals surface area contributed by atoms with Crippen molar-refractivity contribution in [3.8, 4) is 0 Å². The highest BCUT2D eigenvalue weighted by Gasteiger charge is 2.21. The Morgan fingerprint density at radius 3 is 3.17 bits per heavy atom. The van der Waals surface area contributed by atoms with Crippen LogP contribution < -0.4 is 5.32 Å². The molecular formula is C12H23N5O. The van der Waals surface area contributed by atoms with Crippen molar-refractivity contribution >= 4 is 0 Å². The van der Waals surface area contributed by atoms with Crippen LogP contribution in [0.15, 0.2) is 6.20 Å². The molecule has 1 aromatic rings. The molecule has 1 saturated heterocycles. The molecule has 6 heteroatoms. The Labute approximate surface area is 108 Å². The molecule has 1 aromatic heterocycles. The Balaban J connectivity index is 1.71. The third-order valence-corrected chi connectivity index (χ3v) is 3.36. The van der Waals surface area contributed by atoms with Crippen LogP contribution in [0.3, 0.4) is 0 Å². The lowest BCUT2D eigenvalue weighted by atomic mass is 10.1. The summed E-state index contributed by atoms with van der Waals surface area (Å²) >= 11 is 0. The van der Waals surface area contributed by atoms with Gasteiger partial charge in [-0.1, -0.05) is 5.21 Å². The highest BCUT2D eigenvalue weighted by molar-refractivity contribution is 4.91. The molecule has 1 atom stereocenters. The first-order chi connectivity index (χ1) is 8.81. The van der Waals surface area contributed by atoms with E-state index >= 15 is 0 Å². The van der Waals surface area contributed by atoms with Gasteiger partial charge in [0.05, 0.1) is 18.8 Å². The van der Waals surface area contributed by atoms with E-state index in [4.69, 9.17) is 4.74 Å². The second-order valence-corrected chi connectivity index (χ2v) is 4.91. The zero-order valence-electron chi connectivity index (χ0n) is 11.3. The first-order valence-electron chi connectivity index (χ1n) is 6.56. The number of aromatic nitrogens is 3. The zero-order chi connectivity index (χ0) is 12.8. The number of nitrogens with one attached hydrogen (secondary N) is 1. The number of rotatable bonds is 7. The highest BCUT2D eigenvalue weighted by atomic mass is 16.5. The van der Waals surface area contributed by atoms with Crippen molar-refractivity contribution in [3.63, 3.8) is 0 Å². The van der Waals surface area contributed by atoms with E-state index in [1.54, 1.807) is 7.11 Å². The van der Waals surface area contributed by atoms with E-state index in [1.807, 2.05) is 17.9 Å². The second-order valence-electron chi connectivity index (χ2n) is 4.91. The predicted octanol–water partition coefficient (Wildman–Crippen LogP) is -0.0342. The lowest BCUT2D eigenvalue weighted by Gasteiger charge is -2.15. The first kappa shape index (κ1) is 13.5. The molecule has 0 radical (unpaired) electrons. The molecule has 0 saturated carbocycles. The topological polar surface area (TPSA) is 55.2 Å². The van der Waals surface area contributed by atoms with Crippen LogP contribution in [0.2, 0.25) is 0 Å². The molecule has 2 rings (SSSR count). The van der Waals surface area contributed by atoms with Gasteiger partial charge in [-0.25, -0.2) is 0 Å². The van der Waals surface area contributed by atoms with E-state index in [1.165, 1.54) is 13.0 Å². The van der Waals surface area contributed by atoms with Gasteiger partial charge < -0.3 is 15.0 Å². The van der Waals surface area contributed by atoms with Gasteiger partial charge in [0.25, 0.3) is 0 Å². The number of nitrogens with zero attached hydrogens (tertiary/aromatic N) is 4. The molecule has 2 heterocycles. The molecule has 1 fully saturated rings. The minimum absolute atomic E-state index is 0.700. The Hall–Kier alpha value is -0.980. The third-order valence-electron chi connectivity index (χ3n) is 3.36. The molecule has 1 N–H and O–H groups in total. The lowest BCUT2D eigenvalue weighted by Crippen LogP contribution is -2.26. The molecule has 0 bridgehead atoms. The molecule has 0 aliphatic carbocycles. The van der Waals surface area contributed by atoms with Crippen LogP contribution in [0.25, 0.3) is 0 Å². The molecule has 1 unspecified atom stereocenters. The van der Waals surface area contributed by atoms with Crippen LogP contribution >= 0.6 is 0 Å². The maximum absolute atomic E-state index is 5.21. The monoisotopic (exact) mass is 253 g/mol. The van der Waals surface area contributed by atoms with E-state index in [-0.39, 0.29) is 0 Å². The Morgan fingerprint density at radius 1 is 1.50 bits per heavy atom. The number of hydrogen-bond donors (Lipinski definition) is 1. The normalized spacial score (nSPS) is 20.7. The molecule has 0 aromatic carbocycles. The minimum Gasteiger partial charge on any atom is -0.384 e. The second kappa shape index (κ2) is 6.82. The van der Waals surface area contributed by atoms with Crippen LogP contribution in [0.1, 0.15) is 12.1 Å². The van der Waals surface area contributed by atoms with Gasteiger partial charge >= 0.3 is 0 Å². The largest absolute Gasteiger partial charge is 0.384 e. The maximum atomic E-state index is 5.21. The van der Waals surface area contributed by atoms with Gasteiger partial charge in [0.15, 0.2) is 0 Å². The zero-order valence-corrected chi connectivity index (χ0v) is 11.3. The fourth-order valence-corrected chi connectivity index (χ4v) is 2.44. The molecule has 1 aliphatic heterocycles. The van der Waals surface area contributed by atoms with Crippen molar-refractivity contribution in [3.05, 3.63) is 11.9 Å². The number of ether oxygens (including phenoxy) is 1. The summed E-state index contributed by atoms with van der Waals surface area (Å²) in [7, 11) is 3.69. The van der Waals surface area contributed by atoms with E-state index in [0.717, 1.165) is 38.5 Å². The Kier molecular flexibility index (Phi) is 5.10. The predicted molar refractivity (Wildman–Crippen MR) is 69.2 cm³/mol. The van der Waals surface area contributed by atoms with Crippen LogP contribution in [0.4, 0.5) is 0 Å². The van der Waals surface area contributed by atoms with Gasteiger partial charge in [0, 0.05) is 32.9 Å². The summed E-state index contributed by atoms with van der Waals surface area (Å²) in [5.74, 6) is 0.700. The minimum atomic E-state index is 0.700. The molecule has 1 aliphatic rings. The van der Waals surface area contributed by atoms with Gasteiger partial charge in [-0.05, 0) is 25.9 Å². The van der Waals surface area contributed by atoms with Gasteiger partial charge in [-0.15, -0.1) is 5.10 Å². The van der Waals surface area contributed by atoms with Crippen molar-refractivity contribution in [2.24, 2.45) is 5.92 Å². The summed E-state index contributed by atoms with van der Waals surface area (Å²) in [5.41, 5.74) is 0.996. The third kappa shape index (κ3) is 3.76. The van der Waals surface area contributed by atoms with Crippen LogP contribution in [-0.4, -0.2) is 60.3 Å². The number of methoxy groups -OCH3 is 1. The number of hydrogen-bond acceptors (Lipinski definition) is 5. The fourth-order valence-electron chi connectivity index (χ4n) is 2.44. The lowest BCUT2D eigenvalue weighted by molar-refractivity contribution is 0.152. The van der Waals surface area contributed by atoms with E-state index in [9.17, 15) is 0 Å². The summed E-state index contributed by atoms with van der Waals surface area (Å²) in [5, 5.41) is 11.3. The van der Waals surface area contributed by atoms with Crippen molar-refractivity contribution in [1.29, 1.82) is 0 Å². The average molecular weight is 253 g/mol. The van der Waals surface area contributed by atoms with E-state index in [2.05, 4.69) is 20.5 Å². The van der Waals surface area contributed by atoms with Gasteiger partial charge in [0.2, 0.25) is 0 Å².